The molecular formula is C39H27N3. The Hall–Kier alpha value is -5.67. The summed E-state index contributed by atoms with van der Waals surface area (Å²) in [5.74, 6) is 0. The van der Waals surface area contributed by atoms with E-state index in [9.17, 15) is 0 Å². The summed E-state index contributed by atoms with van der Waals surface area (Å²) in [5.41, 5.74) is 13.7. The summed E-state index contributed by atoms with van der Waals surface area (Å²) in [6.07, 6.45) is 11.2. The molecule has 0 spiro atoms. The highest BCUT2D eigenvalue weighted by Crippen LogP contribution is 2.42. The molecule has 0 aliphatic carbocycles. The molecule has 0 N–H and O–H groups in total. The maximum atomic E-state index is 4.36. The van der Waals surface area contributed by atoms with Crippen molar-refractivity contribution in [1.82, 2.24) is 15.0 Å². The van der Waals surface area contributed by atoms with E-state index in [1.54, 1.807) is 0 Å². The maximum absolute atomic E-state index is 4.36. The van der Waals surface area contributed by atoms with Crippen LogP contribution in [0.25, 0.3) is 66.8 Å². The Morgan fingerprint density at radius 2 is 0.619 bits per heavy atom. The molecule has 3 heterocycles. The molecule has 0 unspecified atom stereocenters. The smallest absolute Gasteiger partial charge is 0.0346 e. The van der Waals surface area contributed by atoms with Crippen molar-refractivity contribution in [2.45, 2.75) is 0 Å². The Morgan fingerprint density at radius 3 is 1.02 bits per heavy atom. The molecule has 0 saturated carbocycles. The summed E-state index contributed by atoms with van der Waals surface area (Å²) < 4.78 is 0. The van der Waals surface area contributed by atoms with Crippen LogP contribution in [0.15, 0.2) is 165 Å². The highest BCUT2D eigenvalue weighted by atomic mass is 14.6. The number of rotatable bonds is 6. The molecule has 3 nitrogen and oxygen atoms in total. The van der Waals surface area contributed by atoms with Gasteiger partial charge in [0, 0.05) is 53.9 Å². The SMILES string of the molecule is c1cncc(-c2cccc(-c3cccc(-c4cccc(-c5cccnc5)c4)c3-c3cccc(-c4cccnc4)c3)c2)c1. The van der Waals surface area contributed by atoms with Gasteiger partial charge in [-0.25, -0.2) is 0 Å². The van der Waals surface area contributed by atoms with Crippen LogP contribution in [0.3, 0.4) is 0 Å². The highest BCUT2D eigenvalue weighted by Gasteiger charge is 2.16. The summed E-state index contributed by atoms with van der Waals surface area (Å²) in [4.78, 5) is 13.0. The van der Waals surface area contributed by atoms with Crippen LogP contribution in [0.2, 0.25) is 0 Å². The first kappa shape index (κ1) is 25.3. The van der Waals surface area contributed by atoms with Crippen molar-refractivity contribution in [3.05, 3.63) is 165 Å². The Bertz CT molecular complexity index is 1870. The van der Waals surface area contributed by atoms with Crippen LogP contribution in [-0.4, -0.2) is 15.0 Å². The van der Waals surface area contributed by atoms with Crippen molar-refractivity contribution in [2.75, 3.05) is 0 Å². The first-order valence-corrected chi connectivity index (χ1v) is 14.0. The average Bonchev–Trinajstić information content (AvgIpc) is 3.09. The summed E-state index contributed by atoms with van der Waals surface area (Å²) in [6.45, 7) is 0. The highest BCUT2D eigenvalue weighted by molar-refractivity contribution is 5.96. The Balaban J connectivity index is 1.44. The van der Waals surface area contributed by atoms with Crippen molar-refractivity contribution in [3.8, 4) is 66.8 Å². The minimum atomic E-state index is 1.09. The van der Waals surface area contributed by atoms with Gasteiger partial charge in [0.25, 0.3) is 0 Å². The van der Waals surface area contributed by atoms with Gasteiger partial charge in [-0.15, -0.1) is 0 Å². The van der Waals surface area contributed by atoms with Crippen LogP contribution in [0.1, 0.15) is 0 Å². The second-order valence-corrected chi connectivity index (χ2v) is 10.2. The predicted molar refractivity (Wildman–Crippen MR) is 172 cm³/mol. The van der Waals surface area contributed by atoms with Crippen LogP contribution < -0.4 is 0 Å². The Labute approximate surface area is 245 Å². The molecule has 3 heteroatoms. The van der Waals surface area contributed by atoms with E-state index in [-0.39, 0.29) is 0 Å². The standard InChI is InChI=1S/C39H27N3/c1-8-28(34-14-5-19-40-25-34)22-31(11-1)37-17-4-18-38(32-12-2-9-29(23-32)35-15-6-20-41-26-35)39(37)33-13-3-10-30(24-33)36-16-7-21-42-27-36/h1-27H. The average molecular weight is 538 g/mol. The maximum Gasteiger partial charge on any atom is 0.0346 e. The molecule has 0 fully saturated rings. The van der Waals surface area contributed by atoms with Crippen molar-refractivity contribution in [3.63, 3.8) is 0 Å². The van der Waals surface area contributed by atoms with E-state index in [0.29, 0.717) is 0 Å². The quantitative estimate of drug-likeness (QED) is 0.212. The van der Waals surface area contributed by atoms with E-state index in [1.165, 1.54) is 16.7 Å². The number of hydrogen-bond acceptors (Lipinski definition) is 3. The van der Waals surface area contributed by atoms with Crippen LogP contribution in [0.5, 0.6) is 0 Å². The molecule has 0 amide bonds. The lowest BCUT2D eigenvalue weighted by Gasteiger charge is -2.18. The first-order chi connectivity index (χ1) is 20.8. The molecule has 7 rings (SSSR count). The molecule has 0 saturated heterocycles. The predicted octanol–water partition coefficient (Wildman–Crippen LogP) is 9.87. The monoisotopic (exact) mass is 537 g/mol. The molecule has 0 bridgehead atoms. The summed E-state index contributed by atoms with van der Waals surface area (Å²) in [5, 5.41) is 0. The van der Waals surface area contributed by atoms with E-state index in [2.05, 4.69) is 124 Å². The second-order valence-electron chi connectivity index (χ2n) is 10.2. The molecule has 0 aliphatic rings. The van der Waals surface area contributed by atoms with Gasteiger partial charge >= 0.3 is 0 Å². The second kappa shape index (κ2) is 11.4. The van der Waals surface area contributed by atoms with Crippen LogP contribution in [0.4, 0.5) is 0 Å². The number of pyridine rings is 3. The molecule has 198 valence electrons. The third-order valence-electron chi connectivity index (χ3n) is 7.55. The van der Waals surface area contributed by atoms with Crippen LogP contribution in [0, 0.1) is 0 Å². The van der Waals surface area contributed by atoms with Crippen LogP contribution >= 0.6 is 0 Å². The molecule has 0 aliphatic heterocycles. The molecule has 42 heavy (non-hydrogen) atoms. The van der Waals surface area contributed by atoms with Gasteiger partial charge in [-0.1, -0.05) is 91.0 Å². The first-order valence-electron chi connectivity index (χ1n) is 14.0. The lowest BCUT2D eigenvalue weighted by atomic mass is 9.85. The van der Waals surface area contributed by atoms with E-state index >= 15 is 0 Å². The summed E-state index contributed by atoms with van der Waals surface area (Å²) in [6, 6.07) is 45.1. The van der Waals surface area contributed by atoms with E-state index in [0.717, 1.165) is 50.1 Å². The largest absolute Gasteiger partial charge is 0.264 e. The minimum absolute atomic E-state index is 1.09. The van der Waals surface area contributed by atoms with E-state index in [1.807, 2.05) is 55.4 Å². The van der Waals surface area contributed by atoms with E-state index < -0.39 is 0 Å². The van der Waals surface area contributed by atoms with Gasteiger partial charge < -0.3 is 0 Å². The fourth-order valence-corrected chi connectivity index (χ4v) is 5.53. The fraction of sp³-hybridized carbons (Fsp3) is 0. The number of hydrogen-bond donors (Lipinski definition) is 0. The van der Waals surface area contributed by atoms with E-state index in [4.69, 9.17) is 0 Å². The minimum Gasteiger partial charge on any atom is -0.264 e. The zero-order valence-electron chi connectivity index (χ0n) is 22.9. The van der Waals surface area contributed by atoms with Crippen molar-refractivity contribution >= 4 is 0 Å². The van der Waals surface area contributed by atoms with Crippen molar-refractivity contribution < 1.29 is 0 Å². The molecule has 0 atom stereocenters. The number of aromatic nitrogens is 3. The van der Waals surface area contributed by atoms with Crippen LogP contribution in [-0.2, 0) is 0 Å². The van der Waals surface area contributed by atoms with Gasteiger partial charge in [0.1, 0.15) is 0 Å². The van der Waals surface area contributed by atoms with Gasteiger partial charge in [-0.2, -0.15) is 0 Å². The fourth-order valence-electron chi connectivity index (χ4n) is 5.53. The molecular weight excluding hydrogens is 510 g/mol. The van der Waals surface area contributed by atoms with Gasteiger partial charge in [-0.05, 0) is 86.5 Å². The molecule has 3 aromatic heterocycles. The normalized spacial score (nSPS) is 10.9. The zero-order chi connectivity index (χ0) is 28.1. The van der Waals surface area contributed by atoms with Gasteiger partial charge in [0.2, 0.25) is 0 Å². The zero-order valence-corrected chi connectivity index (χ0v) is 22.9. The molecule has 4 aromatic carbocycles. The summed E-state index contributed by atoms with van der Waals surface area (Å²) >= 11 is 0. The Morgan fingerprint density at radius 1 is 0.286 bits per heavy atom. The third-order valence-corrected chi connectivity index (χ3v) is 7.55. The number of benzene rings is 4. The number of nitrogens with zero attached hydrogens (tertiary/aromatic N) is 3. The third kappa shape index (κ3) is 5.12. The lowest BCUT2D eigenvalue weighted by Crippen LogP contribution is -1.92. The van der Waals surface area contributed by atoms with Gasteiger partial charge in [0.05, 0.1) is 0 Å². The summed E-state index contributed by atoms with van der Waals surface area (Å²) in [7, 11) is 0. The molecule has 7 aromatic rings. The lowest BCUT2D eigenvalue weighted by molar-refractivity contribution is 1.33. The van der Waals surface area contributed by atoms with Gasteiger partial charge in [0.15, 0.2) is 0 Å². The van der Waals surface area contributed by atoms with Crippen molar-refractivity contribution in [2.24, 2.45) is 0 Å². The Kier molecular flexibility index (Phi) is 6.89. The molecule has 0 radical (unpaired) electrons. The topological polar surface area (TPSA) is 38.7 Å². The van der Waals surface area contributed by atoms with Gasteiger partial charge in [-0.3, -0.25) is 15.0 Å². The van der Waals surface area contributed by atoms with Crippen molar-refractivity contribution in [1.29, 1.82) is 0 Å².